The van der Waals surface area contributed by atoms with Crippen LogP contribution in [0.5, 0.6) is 17.2 Å². The van der Waals surface area contributed by atoms with Crippen molar-refractivity contribution in [3.63, 3.8) is 0 Å². The number of amides is 1. The van der Waals surface area contributed by atoms with Gasteiger partial charge in [-0.25, -0.2) is 5.01 Å². The molecule has 0 atom stereocenters. The van der Waals surface area contributed by atoms with Gasteiger partial charge in [-0.2, -0.15) is 5.26 Å². The largest absolute Gasteiger partial charge is 0.497 e. The van der Waals surface area contributed by atoms with Crippen LogP contribution in [0.3, 0.4) is 0 Å². The summed E-state index contributed by atoms with van der Waals surface area (Å²) < 4.78 is 11.2. The Hall–Kier alpha value is -5.00. The lowest BCUT2D eigenvalue weighted by atomic mass is 9.96. The number of hydrogen-bond donors (Lipinski definition) is 2. The predicted octanol–water partition coefficient (Wildman–Crippen LogP) is 5.72. The summed E-state index contributed by atoms with van der Waals surface area (Å²) in [5.41, 5.74) is 5.66. The quantitative estimate of drug-likeness (QED) is 0.383. The molecule has 0 saturated carbocycles. The number of carbonyl (C=O) groups is 1. The number of fused-ring (bicyclic) bond motifs is 1. The fourth-order valence-corrected chi connectivity index (χ4v) is 4.77. The third-order valence-corrected chi connectivity index (χ3v) is 6.78. The van der Waals surface area contributed by atoms with E-state index in [1.807, 2.05) is 109 Å². The van der Waals surface area contributed by atoms with Gasteiger partial charge in [0, 0.05) is 37.5 Å². The van der Waals surface area contributed by atoms with E-state index in [2.05, 4.69) is 16.7 Å². The molecule has 2 aliphatic heterocycles. The summed E-state index contributed by atoms with van der Waals surface area (Å²) in [5.74, 6) is 2.10. The van der Waals surface area contributed by atoms with Crippen molar-refractivity contribution in [3.05, 3.63) is 119 Å². The van der Waals surface area contributed by atoms with Crippen molar-refractivity contribution in [2.24, 2.45) is 0 Å². The normalized spacial score (nSPS) is 15.2. The number of anilines is 1. The number of likely N-dealkylation sites (N-methyl/N-ethyl adjacent to an activating group) is 1. The Morgan fingerprint density at radius 1 is 1.00 bits per heavy atom. The number of ether oxygens (including phenoxy) is 2. The molecule has 2 N–H and O–H groups in total. The topological polar surface area (TPSA) is 89.9 Å². The van der Waals surface area contributed by atoms with Crippen LogP contribution in [0, 0.1) is 11.3 Å². The number of carbonyl (C=O) groups excluding carboxylic acids is 1. The van der Waals surface area contributed by atoms with Gasteiger partial charge in [-0.05, 0) is 66.6 Å². The van der Waals surface area contributed by atoms with Crippen molar-refractivity contribution < 1.29 is 14.3 Å². The summed E-state index contributed by atoms with van der Waals surface area (Å²) in [6.45, 7) is 2.80. The van der Waals surface area contributed by atoms with E-state index in [1.54, 1.807) is 7.11 Å². The third kappa shape index (κ3) is 5.85. The van der Waals surface area contributed by atoms with E-state index in [9.17, 15) is 10.1 Å². The van der Waals surface area contributed by atoms with Crippen LogP contribution in [0.2, 0.25) is 0 Å². The molecule has 8 heteroatoms. The van der Waals surface area contributed by atoms with Crippen LogP contribution < -0.4 is 20.1 Å². The summed E-state index contributed by atoms with van der Waals surface area (Å²) in [7, 11) is 3.53. The van der Waals surface area contributed by atoms with E-state index in [0.717, 1.165) is 45.5 Å². The molecule has 0 fully saturated rings. The number of hydrazine groups is 1. The van der Waals surface area contributed by atoms with Crippen molar-refractivity contribution in [2.45, 2.75) is 19.9 Å². The van der Waals surface area contributed by atoms with E-state index in [4.69, 9.17) is 9.47 Å². The number of methoxy groups -OCH3 is 1. The molecule has 2 aliphatic rings. The van der Waals surface area contributed by atoms with Crippen LogP contribution in [0.4, 0.5) is 5.69 Å². The first-order valence-corrected chi connectivity index (χ1v) is 13.0. The number of benzene rings is 3. The molecule has 2 heterocycles. The van der Waals surface area contributed by atoms with Crippen LogP contribution in [-0.2, 0) is 11.3 Å². The monoisotopic (exact) mass is 533 g/mol. The number of allylic oxidation sites excluding steroid dienone is 1. The van der Waals surface area contributed by atoms with Gasteiger partial charge in [-0.1, -0.05) is 30.3 Å². The minimum absolute atomic E-state index is 0.131. The maximum absolute atomic E-state index is 13.1. The Kier molecular flexibility index (Phi) is 7.85. The average molecular weight is 534 g/mol. The highest BCUT2D eigenvalue weighted by molar-refractivity contribution is 5.94. The average Bonchev–Trinajstić information content (AvgIpc) is 2.98. The highest BCUT2D eigenvalue weighted by Crippen LogP contribution is 2.36. The number of para-hydroxylation sites is 1. The van der Waals surface area contributed by atoms with Gasteiger partial charge in [0.1, 0.15) is 17.2 Å². The van der Waals surface area contributed by atoms with Crippen LogP contribution >= 0.6 is 0 Å². The van der Waals surface area contributed by atoms with Gasteiger partial charge in [0.05, 0.1) is 36.7 Å². The summed E-state index contributed by atoms with van der Waals surface area (Å²) >= 11 is 0. The molecule has 0 aromatic heterocycles. The molecular weight excluding hydrogens is 502 g/mol. The number of nitrogens with one attached hydrogen (secondary N) is 2. The molecule has 40 heavy (non-hydrogen) atoms. The molecule has 0 spiro atoms. The van der Waals surface area contributed by atoms with Gasteiger partial charge < -0.3 is 20.1 Å². The molecule has 8 nitrogen and oxygen atoms in total. The van der Waals surface area contributed by atoms with E-state index >= 15 is 0 Å². The lowest BCUT2D eigenvalue weighted by Gasteiger charge is -2.42. The summed E-state index contributed by atoms with van der Waals surface area (Å²) in [4.78, 5) is 13.1. The SMILES string of the molecule is COc1cccc(CNC(=O)C2=CN3C(=C(C)C2)C(Nc2ccc(Oc4ccccc4)cc2)=C(C#N)CN3C)c1. The van der Waals surface area contributed by atoms with Gasteiger partial charge in [-0.3, -0.25) is 9.80 Å². The zero-order valence-electron chi connectivity index (χ0n) is 22.8. The standard InChI is InChI=1S/C32H31N5O3/c1-22-16-24(32(38)34-19-23-8-7-11-29(17-23)39-3)21-37-31(22)30(25(18-33)20-36(37)2)35-26-12-14-28(15-13-26)40-27-9-5-4-6-10-27/h4-15,17,21,35H,16,19-20H2,1-3H3,(H,34,38). The van der Waals surface area contributed by atoms with Gasteiger partial charge in [0.2, 0.25) is 5.91 Å². The Bertz CT molecular complexity index is 1530. The first-order valence-electron chi connectivity index (χ1n) is 13.0. The van der Waals surface area contributed by atoms with Crippen molar-refractivity contribution in [1.29, 1.82) is 5.26 Å². The zero-order chi connectivity index (χ0) is 28.1. The van der Waals surface area contributed by atoms with Gasteiger partial charge in [0.15, 0.2) is 0 Å². The maximum atomic E-state index is 13.1. The summed E-state index contributed by atoms with van der Waals surface area (Å²) in [5, 5.41) is 20.3. The molecule has 0 bridgehead atoms. The number of rotatable bonds is 8. The van der Waals surface area contributed by atoms with Crippen molar-refractivity contribution >= 4 is 11.6 Å². The third-order valence-electron chi connectivity index (χ3n) is 6.78. The van der Waals surface area contributed by atoms with Crippen LogP contribution in [-0.4, -0.2) is 36.6 Å². The summed E-state index contributed by atoms with van der Waals surface area (Å²) in [6, 6.07) is 27.2. The molecule has 3 aromatic carbocycles. The lowest BCUT2D eigenvalue weighted by molar-refractivity contribution is -0.118. The van der Waals surface area contributed by atoms with E-state index in [-0.39, 0.29) is 5.91 Å². The fraction of sp³-hybridized carbons (Fsp3) is 0.188. The van der Waals surface area contributed by atoms with Crippen molar-refractivity contribution in [1.82, 2.24) is 15.3 Å². The van der Waals surface area contributed by atoms with E-state index < -0.39 is 0 Å². The molecule has 0 unspecified atom stereocenters. The first-order chi connectivity index (χ1) is 19.4. The molecular formula is C32H31N5O3. The minimum atomic E-state index is -0.131. The second-order valence-electron chi connectivity index (χ2n) is 9.68. The van der Waals surface area contributed by atoms with Crippen LogP contribution in [0.25, 0.3) is 0 Å². The van der Waals surface area contributed by atoms with Crippen molar-refractivity contribution in [2.75, 3.05) is 26.0 Å². The summed E-state index contributed by atoms with van der Waals surface area (Å²) in [6.07, 6.45) is 2.33. The predicted molar refractivity (Wildman–Crippen MR) is 154 cm³/mol. The number of hydrogen-bond acceptors (Lipinski definition) is 7. The van der Waals surface area contributed by atoms with Crippen LogP contribution in [0.1, 0.15) is 18.9 Å². The van der Waals surface area contributed by atoms with Gasteiger partial charge in [-0.15, -0.1) is 0 Å². The Balaban J connectivity index is 1.32. The Morgan fingerprint density at radius 3 is 2.45 bits per heavy atom. The lowest BCUT2D eigenvalue weighted by Crippen LogP contribution is -2.45. The minimum Gasteiger partial charge on any atom is -0.497 e. The zero-order valence-corrected chi connectivity index (χ0v) is 22.8. The molecule has 3 aromatic rings. The molecule has 0 radical (unpaired) electrons. The molecule has 5 rings (SSSR count). The highest BCUT2D eigenvalue weighted by Gasteiger charge is 2.33. The van der Waals surface area contributed by atoms with E-state index in [1.165, 1.54) is 0 Å². The number of nitriles is 1. The fourth-order valence-electron chi connectivity index (χ4n) is 4.77. The Morgan fingerprint density at radius 2 is 1.73 bits per heavy atom. The smallest absolute Gasteiger partial charge is 0.249 e. The highest BCUT2D eigenvalue weighted by atomic mass is 16.5. The van der Waals surface area contributed by atoms with Gasteiger partial charge in [0.25, 0.3) is 0 Å². The Labute approximate surface area is 234 Å². The molecule has 202 valence electrons. The number of nitrogens with zero attached hydrogens (tertiary/aromatic N) is 3. The second kappa shape index (κ2) is 11.8. The molecule has 0 saturated heterocycles. The molecule has 0 aliphatic carbocycles. The van der Waals surface area contributed by atoms with Gasteiger partial charge >= 0.3 is 0 Å². The first kappa shape index (κ1) is 26.6. The molecule has 1 amide bonds. The van der Waals surface area contributed by atoms with E-state index in [0.29, 0.717) is 30.7 Å². The van der Waals surface area contributed by atoms with Crippen molar-refractivity contribution in [3.8, 4) is 23.3 Å². The maximum Gasteiger partial charge on any atom is 0.249 e. The van der Waals surface area contributed by atoms with Crippen LogP contribution in [0.15, 0.2) is 113 Å². The second-order valence-corrected chi connectivity index (χ2v) is 9.68.